The number of nitrogens with zero attached hydrogens (tertiary/aromatic N) is 4. The lowest BCUT2D eigenvalue weighted by molar-refractivity contribution is -0.127. The molecule has 102 valence electrons. The minimum Gasteiger partial charge on any atom is -0.345 e. The Balaban J connectivity index is 1.84. The van der Waals surface area contributed by atoms with Gasteiger partial charge in [0, 0.05) is 44.0 Å². The van der Waals surface area contributed by atoms with Crippen LogP contribution < -0.4 is 0 Å². The predicted molar refractivity (Wildman–Crippen MR) is 74.5 cm³/mol. The lowest BCUT2D eigenvalue weighted by Crippen LogP contribution is -2.25. The van der Waals surface area contributed by atoms with Gasteiger partial charge in [0.25, 0.3) is 0 Å². The number of rotatable bonds is 1. The third-order valence-corrected chi connectivity index (χ3v) is 4.12. The van der Waals surface area contributed by atoms with E-state index in [1.165, 1.54) is 0 Å². The molecule has 6 heteroatoms. The van der Waals surface area contributed by atoms with E-state index in [1.54, 1.807) is 13.1 Å². The molecular formula is C14H15N5O. The number of fused-ring (bicyclic) bond motifs is 3. The smallest absolute Gasteiger partial charge is 0.219 e. The second-order valence-electron chi connectivity index (χ2n) is 5.30. The first-order valence-electron chi connectivity index (χ1n) is 6.79. The van der Waals surface area contributed by atoms with E-state index in [2.05, 4.69) is 19.4 Å². The van der Waals surface area contributed by atoms with Crippen LogP contribution in [0.25, 0.3) is 16.8 Å². The van der Waals surface area contributed by atoms with Crippen molar-refractivity contribution in [1.29, 1.82) is 0 Å². The molecule has 0 aromatic carbocycles. The average Bonchev–Trinajstić information content (AvgIpc) is 3.16. The third kappa shape index (κ3) is 1.54. The molecule has 0 unspecified atom stereocenters. The lowest BCUT2D eigenvalue weighted by Gasteiger charge is -2.14. The van der Waals surface area contributed by atoms with Crippen LogP contribution in [0.4, 0.5) is 0 Å². The summed E-state index contributed by atoms with van der Waals surface area (Å²) in [6.07, 6.45) is 6.57. The first-order chi connectivity index (χ1) is 9.74. The summed E-state index contributed by atoms with van der Waals surface area (Å²) < 4.78 is 2.15. The minimum atomic E-state index is 0.148. The van der Waals surface area contributed by atoms with Crippen molar-refractivity contribution >= 4 is 22.7 Å². The quantitative estimate of drug-likeness (QED) is 0.729. The Labute approximate surface area is 115 Å². The maximum absolute atomic E-state index is 11.5. The van der Waals surface area contributed by atoms with E-state index < -0.39 is 0 Å². The molecule has 3 aromatic heterocycles. The van der Waals surface area contributed by atoms with Gasteiger partial charge in [0.2, 0.25) is 5.91 Å². The van der Waals surface area contributed by atoms with E-state index in [0.29, 0.717) is 5.92 Å². The summed E-state index contributed by atoms with van der Waals surface area (Å²) in [4.78, 5) is 25.3. The van der Waals surface area contributed by atoms with E-state index in [-0.39, 0.29) is 5.91 Å². The molecule has 6 nitrogen and oxygen atoms in total. The Morgan fingerprint density at radius 3 is 3.10 bits per heavy atom. The number of imidazole rings is 1. The normalized spacial score (nSPS) is 19.2. The molecule has 20 heavy (non-hydrogen) atoms. The first-order valence-corrected chi connectivity index (χ1v) is 6.79. The lowest BCUT2D eigenvalue weighted by atomic mass is 10.1. The molecular weight excluding hydrogens is 254 g/mol. The topological polar surface area (TPSA) is 66.3 Å². The second-order valence-corrected chi connectivity index (χ2v) is 5.30. The number of H-pyrrole nitrogens is 1. The van der Waals surface area contributed by atoms with Crippen LogP contribution in [0.5, 0.6) is 0 Å². The van der Waals surface area contributed by atoms with Gasteiger partial charge in [-0.1, -0.05) is 0 Å². The zero-order valence-corrected chi connectivity index (χ0v) is 11.2. The number of nitrogens with one attached hydrogen (secondary N) is 1. The number of aromatic nitrogens is 4. The van der Waals surface area contributed by atoms with Crippen LogP contribution >= 0.6 is 0 Å². The molecule has 1 aliphatic rings. The minimum absolute atomic E-state index is 0.148. The van der Waals surface area contributed by atoms with Gasteiger partial charge in [0.15, 0.2) is 11.3 Å². The summed E-state index contributed by atoms with van der Waals surface area (Å²) in [5, 5.41) is 0. The SMILES string of the molecule is CC(=O)N1CC[C@@H](c2cnc3cnc4[nH]ccc4n23)C1. The van der Waals surface area contributed by atoms with E-state index in [9.17, 15) is 4.79 Å². The fourth-order valence-corrected chi connectivity index (χ4v) is 3.07. The summed E-state index contributed by atoms with van der Waals surface area (Å²) in [7, 11) is 0. The van der Waals surface area contributed by atoms with Crippen molar-refractivity contribution in [3.05, 3.63) is 30.4 Å². The molecule has 4 rings (SSSR count). The van der Waals surface area contributed by atoms with Gasteiger partial charge < -0.3 is 9.88 Å². The molecule has 1 amide bonds. The molecule has 0 spiro atoms. The highest BCUT2D eigenvalue weighted by atomic mass is 16.2. The number of hydrogen-bond donors (Lipinski definition) is 1. The van der Waals surface area contributed by atoms with Gasteiger partial charge in [0.05, 0.1) is 11.7 Å². The van der Waals surface area contributed by atoms with Crippen molar-refractivity contribution in [2.75, 3.05) is 13.1 Å². The predicted octanol–water partition coefficient (Wildman–Crippen LogP) is 1.55. The molecule has 1 atom stereocenters. The van der Waals surface area contributed by atoms with Crippen LogP contribution in [0.1, 0.15) is 25.0 Å². The van der Waals surface area contributed by atoms with Crippen LogP contribution in [0.2, 0.25) is 0 Å². The molecule has 0 radical (unpaired) electrons. The third-order valence-electron chi connectivity index (χ3n) is 4.12. The molecule has 1 N–H and O–H groups in total. The second kappa shape index (κ2) is 4.06. The van der Waals surface area contributed by atoms with E-state index in [1.807, 2.05) is 23.4 Å². The van der Waals surface area contributed by atoms with Gasteiger partial charge in [-0.05, 0) is 12.5 Å². The van der Waals surface area contributed by atoms with Gasteiger partial charge in [-0.3, -0.25) is 9.20 Å². The van der Waals surface area contributed by atoms with Crippen molar-refractivity contribution in [2.45, 2.75) is 19.3 Å². The van der Waals surface area contributed by atoms with Crippen LogP contribution in [-0.2, 0) is 4.79 Å². The maximum Gasteiger partial charge on any atom is 0.219 e. The number of hydrogen-bond acceptors (Lipinski definition) is 3. The number of amides is 1. The van der Waals surface area contributed by atoms with Gasteiger partial charge in [-0.15, -0.1) is 0 Å². The number of likely N-dealkylation sites (tertiary alicyclic amines) is 1. The van der Waals surface area contributed by atoms with Crippen molar-refractivity contribution in [3.8, 4) is 0 Å². The van der Waals surface area contributed by atoms with Crippen molar-refractivity contribution in [1.82, 2.24) is 24.3 Å². The number of aromatic amines is 1. The van der Waals surface area contributed by atoms with Crippen LogP contribution in [-0.4, -0.2) is 43.2 Å². The highest BCUT2D eigenvalue weighted by Crippen LogP contribution is 2.29. The fourth-order valence-electron chi connectivity index (χ4n) is 3.07. The highest BCUT2D eigenvalue weighted by Gasteiger charge is 2.28. The number of carbonyl (C=O) groups is 1. The average molecular weight is 269 g/mol. The van der Waals surface area contributed by atoms with Gasteiger partial charge in [-0.25, -0.2) is 9.97 Å². The monoisotopic (exact) mass is 269 g/mol. The largest absolute Gasteiger partial charge is 0.345 e. The summed E-state index contributed by atoms with van der Waals surface area (Å²) >= 11 is 0. The van der Waals surface area contributed by atoms with Gasteiger partial charge in [0.1, 0.15) is 0 Å². The molecule has 3 aromatic rings. The van der Waals surface area contributed by atoms with Crippen molar-refractivity contribution < 1.29 is 4.79 Å². The molecule has 1 saturated heterocycles. The van der Waals surface area contributed by atoms with E-state index in [4.69, 9.17) is 0 Å². The van der Waals surface area contributed by atoms with Crippen LogP contribution in [0.15, 0.2) is 24.7 Å². The fraction of sp³-hybridized carbons (Fsp3) is 0.357. The Bertz CT molecular complexity index is 802. The summed E-state index contributed by atoms with van der Waals surface area (Å²) in [6, 6.07) is 2.01. The molecule has 0 bridgehead atoms. The summed E-state index contributed by atoms with van der Waals surface area (Å²) in [6.45, 7) is 3.23. The van der Waals surface area contributed by atoms with Crippen molar-refractivity contribution in [3.63, 3.8) is 0 Å². The van der Waals surface area contributed by atoms with Gasteiger partial charge in [-0.2, -0.15) is 0 Å². The van der Waals surface area contributed by atoms with Crippen LogP contribution in [0.3, 0.4) is 0 Å². The standard InChI is InChI=1S/C14H15N5O/c1-9(20)18-5-3-10(8-18)12-6-16-13-7-17-14-11(19(12)13)2-4-15-14/h2,4,6-7,10,15H,3,5,8H2,1H3/t10-/m1/s1. The zero-order chi connectivity index (χ0) is 13.7. The molecule has 1 fully saturated rings. The van der Waals surface area contributed by atoms with E-state index in [0.717, 1.165) is 42.0 Å². The van der Waals surface area contributed by atoms with Crippen molar-refractivity contribution in [2.24, 2.45) is 0 Å². The maximum atomic E-state index is 11.5. The zero-order valence-electron chi connectivity index (χ0n) is 11.2. The molecule has 1 aliphatic heterocycles. The molecule has 0 aliphatic carbocycles. The molecule has 0 saturated carbocycles. The number of carbonyl (C=O) groups excluding carboxylic acids is 1. The summed E-state index contributed by atoms with van der Waals surface area (Å²) in [5.41, 5.74) is 3.92. The first kappa shape index (κ1) is 11.5. The Morgan fingerprint density at radius 1 is 1.40 bits per heavy atom. The van der Waals surface area contributed by atoms with E-state index >= 15 is 0 Å². The Hall–Kier alpha value is -2.37. The Kier molecular flexibility index (Phi) is 2.33. The highest BCUT2D eigenvalue weighted by molar-refractivity contribution is 5.75. The summed E-state index contributed by atoms with van der Waals surface area (Å²) in [5.74, 6) is 0.490. The van der Waals surface area contributed by atoms with Crippen LogP contribution in [0, 0.1) is 0 Å². The molecule has 4 heterocycles. The Morgan fingerprint density at radius 2 is 2.30 bits per heavy atom. The van der Waals surface area contributed by atoms with Gasteiger partial charge >= 0.3 is 0 Å².